The number of aromatic nitrogens is 2. The molecular formula is C14H9IN4O3. The molecule has 0 radical (unpaired) electrons. The highest BCUT2D eigenvalue weighted by Gasteiger charge is 2.33. The van der Waals surface area contributed by atoms with Crippen LogP contribution in [0.15, 0.2) is 45.3 Å². The summed E-state index contributed by atoms with van der Waals surface area (Å²) in [4.78, 5) is 28.1. The van der Waals surface area contributed by atoms with E-state index in [0.29, 0.717) is 5.56 Å². The second-order valence-electron chi connectivity index (χ2n) is 4.63. The second kappa shape index (κ2) is 5.34. The van der Waals surface area contributed by atoms with Crippen molar-refractivity contribution >= 4 is 22.6 Å². The van der Waals surface area contributed by atoms with Gasteiger partial charge in [0.25, 0.3) is 5.56 Å². The number of nitrogens with one attached hydrogen (secondary N) is 2. The van der Waals surface area contributed by atoms with E-state index in [1.54, 1.807) is 12.1 Å². The first-order valence-electron chi connectivity index (χ1n) is 6.21. The van der Waals surface area contributed by atoms with Gasteiger partial charge in [0, 0.05) is 3.57 Å². The Balaban J connectivity index is 2.32. The zero-order valence-corrected chi connectivity index (χ0v) is 13.2. The number of hydrogen-bond donors (Lipinski definition) is 3. The Kier molecular flexibility index (Phi) is 3.50. The van der Waals surface area contributed by atoms with E-state index in [-0.39, 0.29) is 22.9 Å². The van der Waals surface area contributed by atoms with Crippen LogP contribution >= 0.6 is 22.6 Å². The van der Waals surface area contributed by atoms with Crippen LogP contribution in [0.2, 0.25) is 0 Å². The average Bonchev–Trinajstić information content (AvgIpc) is 2.46. The fraction of sp³-hybridized carbons (Fsp3) is 0.0714. The van der Waals surface area contributed by atoms with Crippen LogP contribution in [0.25, 0.3) is 0 Å². The number of ether oxygens (including phenoxy) is 1. The van der Waals surface area contributed by atoms with Gasteiger partial charge in [0.05, 0.1) is 11.5 Å². The van der Waals surface area contributed by atoms with Crippen LogP contribution in [0.3, 0.4) is 0 Å². The highest BCUT2D eigenvalue weighted by Crippen LogP contribution is 2.38. The summed E-state index contributed by atoms with van der Waals surface area (Å²) in [6.07, 6.45) is 0. The van der Waals surface area contributed by atoms with Crippen molar-refractivity contribution in [3.8, 4) is 11.9 Å². The van der Waals surface area contributed by atoms with Gasteiger partial charge in [0.2, 0.25) is 11.8 Å². The Bertz CT molecular complexity index is 934. The number of hydrogen-bond acceptors (Lipinski definition) is 5. The third kappa shape index (κ3) is 2.29. The van der Waals surface area contributed by atoms with Crippen LogP contribution < -0.4 is 21.7 Å². The number of nitrogens with two attached hydrogens (primary N) is 1. The van der Waals surface area contributed by atoms with Crippen molar-refractivity contribution in [3.05, 3.63) is 71.3 Å². The minimum absolute atomic E-state index is 0.0335. The average molecular weight is 408 g/mol. The summed E-state index contributed by atoms with van der Waals surface area (Å²) in [7, 11) is 0. The lowest BCUT2D eigenvalue weighted by atomic mass is 9.85. The van der Waals surface area contributed by atoms with E-state index in [1.807, 2.05) is 18.2 Å². The zero-order chi connectivity index (χ0) is 15.9. The predicted octanol–water partition coefficient (Wildman–Crippen LogP) is 0.886. The highest BCUT2D eigenvalue weighted by molar-refractivity contribution is 14.1. The molecule has 0 fully saturated rings. The summed E-state index contributed by atoms with van der Waals surface area (Å²) >= 11 is 2.16. The molecule has 0 unspecified atom stereocenters. The number of nitrogens with zero attached hydrogens (tertiary/aromatic N) is 1. The molecule has 7 nitrogen and oxygen atoms in total. The molecule has 2 aromatic rings. The van der Waals surface area contributed by atoms with Crippen molar-refractivity contribution in [1.29, 1.82) is 5.26 Å². The van der Waals surface area contributed by atoms with Gasteiger partial charge in [-0.2, -0.15) is 5.26 Å². The number of rotatable bonds is 1. The molecule has 22 heavy (non-hydrogen) atoms. The Labute approximate surface area is 137 Å². The molecule has 2 heterocycles. The molecule has 110 valence electrons. The lowest BCUT2D eigenvalue weighted by Crippen LogP contribution is -2.33. The molecule has 3 rings (SSSR count). The third-order valence-corrected chi connectivity index (χ3v) is 4.04. The molecule has 0 bridgehead atoms. The smallest absolute Gasteiger partial charge is 0.328 e. The quantitative estimate of drug-likeness (QED) is 0.605. The van der Waals surface area contributed by atoms with E-state index in [4.69, 9.17) is 10.5 Å². The van der Waals surface area contributed by atoms with Crippen molar-refractivity contribution in [2.24, 2.45) is 5.73 Å². The molecule has 0 aliphatic carbocycles. The first-order valence-corrected chi connectivity index (χ1v) is 7.28. The predicted molar refractivity (Wildman–Crippen MR) is 86.1 cm³/mol. The van der Waals surface area contributed by atoms with E-state index in [2.05, 4.69) is 32.6 Å². The fourth-order valence-corrected chi connectivity index (χ4v) is 2.74. The molecule has 0 saturated heterocycles. The normalized spacial score (nSPS) is 16.6. The minimum Gasteiger partial charge on any atom is -0.424 e. The summed E-state index contributed by atoms with van der Waals surface area (Å²) in [6.45, 7) is 0. The van der Waals surface area contributed by atoms with E-state index < -0.39 is 17.2 Å². The Morgan fingerprint density at radius 3 is 2.55 bits per heavy atom. The van der Waals surface area contributed by atoms with Crippen molar-refractivity contribution in [1.82, 2.24) is 9.97 Å². The summed E-state index contributed by atoms with van der Waals surface area (Å²) in [5.74, 6) is -0.847. The van der Waals surface area contributed by atoms with Crippen LogP contribution in [0.1, 0.15) is 17.0 Å². The molecule has 1 aromatic carbocycles. The standard InChI is InChI=1S/C14H9IN4O3/c15-7-3-1-6(2-4-7)9-8(5-16)11(17)22-13-10(9)12(20)18-14(21)19-13/h1-4,9H,17H2,(H2,18,19,20,21)/t9-/m1/s1. The largest absolute Gasteiger partial charge is 0.424 e. The maximum atomic E-state index is 12.2. The number of nitriles is 1. The van der Waals surface area contributed by atoms with E-state index in [9.17, 15) is 14.9 Å². The van der Waals surface area contributed by atoms with Crippen LogP contribution in [0.4, 0.5) is 0 Å². The first-order chi connectivity index (χ1) is 10.5. The number of allylic oxidation sites excluding steroid dienone is 1. The van der Waals surface area contributed by atoms with Gasteiger partial charge in [0.1, 0.15) is 11.6 Å². The highest BCUT2D eigenvalue weighted by atomic mass is 127. The number of halogens is 1. The number of fused-ring (bicyclic) bond motifs is 1. The number of H-pyrrole nitrogens is 2. The van der Waals surface area contributed by atoms with Gasteiger partial charge in [-0.25, -0.2) is 4.79 Å². The molecule has 1 aliphatic heterocycles. The van der Waals surface area contributed by atoms with Crippen molar-refractivity contribution in [3.63, 3.8) is 0 Å². The molecule has 1 atom stereocenters. The lowest BCUT2D eigenvalue weighted by molar-refractivity contribution is 0.373. The fourth-order valence-electron chi connectivity index (χ4n) is 2.38. The Morgan fingerprint density at radius 1 is 1.23 bits per heavy atom. The molecule has 0 saturated carbocycles. The van der Waals surface area contributed by atoms with Crippen LogP contribution in [-0.4, -0.2) is 9.97 Å². The molecular weight excluding hydrogens is 399 g/mol. The minimum atomic E-state index is -0.696. The Hall–Kier alpha value is -2.54. The van der Waals surface area contributed by atoms with Crippen LogP contribution in [0.5, 0.6) is 5.88 Å². The van der Waals surface area contributed by atoms with Crippen LogP contribution in [0, 0.1) is 14.9 Å². The van der Waals surface area contributed by atoms with Gasteiger partial charge < -0.3 is 10.5 Å². The van der Waals surface area contributed by atoms with E-state index >= 15 is 0 Å². The topological polar surface area (TPSA) is 125 Å². The summed E-state index contributed by atoms with van der Waals surface area (Å²) in [6, 6.07) is 9.30. The summed E-state index contributed by atoms with van der Waals surface area (Å²) in [5, 5.41) is 9.37. The SMILES string of the molecule is N#CC1=C(N)Oc2[nH]c(=O)[nH]c(=O)c2[C@@H]1c1ccc(I)cc1. The van der Waals surface area contributed by atoms with Gasteiger partial charge in [-0.1, -0.05) is 12.1 Å². The van der Waals surface area contributed by atoms with Crippen molar-refractivity contribution in [2.45, 2.75) is 5.92 Å². The molecule has 0 spiro atoms. The van der Waals surface area contributed by atoms with E-state index in [1.165, 1.54) is 0 Å². The molecule has 0 amide bonds. The Morgan fingerprint density at radius 2 is 1.91 bits per heavy atom. The van der Waals surface area contributed by atoms with Crippen LogP contribution in [-0.2, 0) is 0 Å². The molecule has 8 heteroatoms. The summed E-state index contributed by atoms with van der Waals surface area (Å²) in [5.41, 5.74) is 5.46. The maximum Gasteiger partial charge on any atom is 0.328 e. The van der Waals surface area contributed by atoms with Crippen molar-refractivity contribution < 1.29 is 4.74 Å². The van der Waals surface area contributed by atoms with Gasteiger partial charge in [-0.15, -0.1) is 0 Å². The molecule has 1 aromatic heterocycles. The van der Waals surface area contributed by atoms with E-state index in [0.717, 1.165) is 3.57 Å². The molecule has 4 N–H and O–H groups in total. The van der Waals surface area contributed by atoms with Gasteiger partial charge in [-0.05, 0) is 40.3 Å². The third-order valence-electron chi connectivity index (χ3n) is 3.32. The zero-order valence-electron chi connectivity index (χ0n) is 11.0. The first kappa shape index (κ1) is 14.4. The number of aromatic amines is 2. The van der Waals surface area contributed by atoms with Gasteiger partial charge in [0.15, 0.2) is 0 Å². The lowest BCUT2D eigenvalue weighted by Gasteiger charge is -2.24. The maximum absolute atomic E-state index is 12.2. The van der Waals surface area contributed by atoms with Gasteiger partial charge >= 0.3 is 5.69 Å². The molecule has 1 aliphatic rings. The number of benzene rings is 1. The second-order valence-corrected chi connectivity index (χ2v) is 5.87. The summed E-state index contributed by atoms with van der Waals surface area (Å²) < 4.78 is 6.24. The van der Waals surface area contributed by atoms with Crippen molar-refractivity contribution in [2.75, 3.05) is 0 Å². The monoisotopic (exact) mass is 408 g/mol. The van der Waals surface area contributed by atoms with Gasteiger partial charge in [-0.3, -0.25) is 14.8 Å².